The number of hydrogen-bond acceptors (Lipinski definition) is 6. The van der Waals surface area contributed by atoms with Gasteiger partial charge in [0.25, 0.3) is 5.89 Å². The highest BCUT2D eigenvalue weighted by Gasteiger charge is 2.14. The van der Waals surface area contributed by atoms with Crippen LogP contribution in [0.15, 0.2) is 58.3 Å². The third kappa shape index (κ3) is 2.04. The zero-order valence-electron chi connectivity index (χ0n) is 12.3. The Kier molecular flexibility index (Phi) is 2.95. The molecule has 0 saturated heterocycles. The summed E-state index contributed by atoms with van der Waals surface area (Å²) in [5, 5.41) is 21.5. The molecule has 0 saturated carbocycles. The molecule has 0 bridgehead atoms. The van der Waals surface area contributed by atoms with Crippen molar-refractivity contribution in [2.24, 2.45) is 0 Å². The lowest BCUT2D eigenvalue weighted by molar-refractivity contribution is 0.473. The first-order valence-electron chi connectivity index (χ1n) is 7.31. The van der Waals surface area contributed by atoms with E-state index in [-0.39, 0.29) is 5.75 Å². The molecule has 0 aliphatic carbocycles. The van der Waals surface area contributed by atoms with Gasteiger partial charge in [-0.3, -0.25) is 0 Å². The summed E-state index contributed by atoms with van der Waals surface area (Å²) >= 11 is 3.52. The molecule has 24 heavy (non-hydrogen) atoms. The molecule has 0 fully saturated rings. The van der Waals surface area contributed by atoms with Crippen molar-refractivity contribution in [1.82, 2.24) is 10.2 Å². The van der Waals surface area contributed by atoms with E-state index in [0.717, 1.165) is 5.56 Å². The summed E-state index contributed by atoms with van der Waals surface area (Å²) in [5.74, 6) is 0.893. The van der Waals surface area contributed by atoms with Crippen LogP contribution in [0, 0.1) is 0 Å². The van der Waals surface area contributed by atoms with Crippen molar-refractivity contribution >= 4 is 42.2 Å². The van der Waals surface area contributed by atoms with E-state index < -0.39 is 0 Å². The lowest BCUT2D eigenvalue weighted by Gasteiger charge is -1.98. The Bertz CT molecular complexity index is 1190. The van der Waals surface area contributed by atoms with Crippen LogP contribution in [0.3, 0.4) is 0 Å². The Morgan fingerprint density at radius 1 is 0.917 bits per heavy atom. The molecule has 5 aromatic rings. The number of aromatic nitrogens is 2. The Labute approximate surface area is 144 Å². The quantitative estimate of drug-likeness (QED) is 0.454. The van der Waals surface area contributed by atoms with Crippen LogP contribution in [0.2, 0.25) is 0 Å². The van der Waals surface area contributed by atoms with Crippen LogP contribution in [0.4, 0.5) is 0 Å². The molecule has 6 heteroatoms. The summed E-state index contributed by atoms with van der Waals surface area (Å²) < 4.78 is 9.59. The number of para-hydroxylation sites is 1. The average molecular weight is 350 g/mol. The molecule has 0 unspecified atom stereocenters. The third-order valence-corrected chi connectivity index (χ3v) is 6.08. The molecule has 1 N–H and O–H groups in total. The SMILES string of the molecule is Oc1ccccc1-c1nnc(-c2ccc3c(c2)sc2ccsc23)o1. The Morgan fingerprint density at radius 2 is 1.79 bits per heavy atom. The highest BCUT2D eigenvalue weighted by atomic mass is 32.1. The number of phenols is 1. The van der Waals surface area contributed by atoms with Crippen molar-refractivity contribution in [3.8, 4) is 28.7 Å². The monoisotopic (exact) mass is 350 g/mol. The van der Waals surface area contributed by atoms with Crippen LogP contribution in [0.5, 0.6) is 5.75 Å². The molecule has 0 aliphatic heterocycles. The summed E-state index contributed by atoms with van der Waals surface area (Å²) in [5.41, 5.74) is 1.42. The summed E-state index contributed by atoms with van der Waals surface area (Å²) in [6, 6.07) is 15.3. The predicted octanol–water partition coefficient (Wildman–Crippen LogP) is 5.54. The molecule has 3 heterocycles. The van der Waals surface area contributed by atoms with Gasteiger partial charge in [0.05, 0.1) is 10.3 Å². The van der Waals surface area contributed by atoms with Crippen LogP contribution in [-0.4, -0.2) is 15.3 Å². The minimum Gasteiger partial charge on any atom is -0.507 e. The van der Waals surface area contributed by atoms with Crippen LogP contribution in [-0.2, 0) is 0 Å². The van der Waals surface area contributed by atoms with Gasteiger partial charge >= 0.3 is 0 Å². The van der Waals surface area contributed by atoms with E-state index in [1.165, 1.54) is 19.5 Å². The molecule has 0 atom stereocenters. The first-order chi connectivity index (χ1) is 11.8. The fourth-order valence-electron chi connectivity index (χ4n) is 2.72. The van der Waals surface area contributed by atoms with Gasteiger partial charge in [-0.2, -0.15) is 0 Å². The summed E-state index contributed by atoms with van der Waals surface area (Å²) in [6.45, 7) is 0. The standard InChI is InChI=1S/C18H10N2O2S2/c21-13-4-2-1-3-11(13)18-20-19-17(22-18)10-5-6-12-15(9-10)24-14-7-8-23-16(12)14/h1-9,21H. The van der Waals surface area contributed by atoms with Gasteiger partial charge in [-0.15, -0.1) is 32.9 Å². The smallest absolute Gasteiger partial charge is 0.251 e. The summed E-state index contributed by atoms with van der Waals surface area (Å²) in [7, 11) is 0. The van der Waals surface area contributed by atoms with Crippen molar-refractivity contribution in [1.29, 1.82) is 0 Å². The van der Waals surface area contributed by atoms with E-state index in [1.807, 2.05) is 12.1 Å². The number of rotatable bonds is 2. The molecule has 0 amide bonds. The van der Waals surface area contributed by atoms with Crippen LogP contribution < -0.4 is 0 Å². The number of benzene rings is 2. The van der Waals surface area contributed by atoms with E-state index in [1.54, 1.807) is 40.9 Å². The second-order valence-corrected chi connectivity index (χ2v) is 7.36. The summed E-state index contributed by atoms with van der Waals surface area (Å²) in [6.07, 6.45) is 0. The number of aromatic hydroxyl groups is 1. The largest absolute Gasteiger partial charge is 0.507 e. The van der Waals surface area contributed by atoms with Crippen molar-refractivity contribution in [2.45, 2.75) is 0 Å². The van der Waals surface area contributed by atoms with Gasteiger partial charge < -0.3 is 9.52 Å². The van der Waals surface area contributed by atoms with Gasteiger partial charge in [0, 0.05) is 20.3 Å². The van der Waals surface area contributed by atoms with Crippen molar-refractivity contribution in [3.63, 3.8) is 0 Å². The Balaban J connectivity index is 1.61. The van der Waals surface area contributed by atoms with Crippen LogP contribution in [0.25, 0.3) is 42.4 Å². The maximum atomic E-state index is 9.92. The maximum Gasteiger partial charge on any atom is 0.251 e. The van der Waals surface area contributed by atoms with Crippen molar-refractivity contribution in [3.05, 3.63) is 53.9 Å². The lowest BCUT2D eigenvalue weighted by atomic mass is 10.2. The molecule has 4 nitrogen and oxygen atoms in total. The molecule has 3 aromatic heterocycles. The van der Waals surface area contributed by atoms with E-state index in [4.69, 9.17) is 4.42 Å². The normalized spacial score (nSPS) is 11.5. The van der Waals surface area contributed by atoms with Gasteiger partial charge in [0.1, 0.15) is 5.75 Å². The zero-order chi connectivity index (χ0) is 16.1. The van der Waals surface area contributed by atoms with E-state index in [2.05, 4.69) is 33.8 Å². The molecule has 5 rings (SSSR count). The minimum absolute atomic E-state index is 0.127. The fraction of sp³-hybridized carbons (Fsp3) is 0. The van der Waals surface area contributed by atoms with Gasteiger partial charge in [-0.1, -0.05) is 18.2 Å². The Morgan fingerprint density at radius 3 is 2.71 bits per heavy atom. The Hall–Kier alpha value is -2.70. The second-order valence-electron chi connectivity index (χ2n) is 5.36. The molecule has 2 aromatic carbocycles. The van der Waals surface area contributed by atoms with E-state index in [0.29, 0.717) is 17.3 Å². The van der Waals surface area contributed by atoms with Gasteiger partial charge in [-0.05, 0) is 35.7 Å². The number of hydrogen-bond donors (Lipinski definition) is 1. The first-order valence-corrected chi connectivity index (χ1v) is 9.01. The molecule has 0 aliphatic rings. The predicted molar refractivity (Wildman–Crippen MR) is 97.6 cm³/mol. The van der Waals surface area contributed by atoms with Crippen molar-refractivity contribution < 1.29 is 9.52 Å². The molecule has 0 spiro atoms. The van der Waals surface area contributed by atoms with Crippen molar-refractivity contribution in [2.75, 3.05) is 0 Å². The highest BCUT2D eigenvalue weighted by molar-refractivity contribution is 7.32. The second kappa shape index (κ2) is 5.15. The molecule has 116 valence electrons. The zero-order valence-corrected chi connectivity index (χ0v) is 13.9. The molecular weight excluding hydrogens is 340 g/mol. The average Bonchev–Trinajstić information content (AvgIpc) is 3.30. The fourth-order valence-corrected chi connectivity index (χ4v) is 5.01. The molecule has 0 radical (unpaired) electrons. The number of phenolic OH excluding ortho intramolecular Hbond substituents is 1. The maximum absolute atomic E-state index is 9.92. The minimum atomic E-state index is 0.127. The van der Waals surface area contributed by atoms with E-state index in [9.17, 15) is 5.11 Å². The summed E-state index contributed by atoms with van der Waals surface area (Å²) in [4.78, 5) is 0. The molecular formula is C18H10N2O2S2. The number of thiophene rings is 2. The third-order valence-electron chi connectivity index (χ3n) is 3.88. The van der Waals surface area contributed by atoms with Crippen LogP contribution >= 0.6 is 22.7 Å². The van der Waals surface area contributed by atoms with Gasteiger partial charge in [-0.25, -0.2) is 0 Å². The number of nitrogens with zero attached hydrogens (tertiary/aromatic N) is 2. The van der Waals surface area contributed by atoms with Gasteiger partial charge in [0.15, 0.2) is 0 Å². The topological polar surface area (TPSA) is 59.2 Å². The highest BCUT2D eigenvalue weighted by Crippen LogP contribution is 2.39. The number of fused-ring (bicyclic) bond motifs is 3. The first kappa shape index (κ1) is 13.7. The van der Waals surface area contributed by atoms with Crippen LogP contribution in [0.1, 0.15) is 0 Å². The lowest BCUT2D eigenvalue weighted by Crippen LogP contribution is -1.78. The van der Waals surface area contributed by atoms with E-state index >= 15 is 0 Å². The van der Waals surface area contributed by atoms with Gasteiger partial charge in [0.2, 0.25) is 5.89 Å².